The van der Waals surface area contributed by atoms with Gasteiger partial charge in [-0.1, -0.05) is 29.8 Å². The Bertz CT molecular complexity index is 997. The van der Waals surface area contributed by atoms with Crippen molar-refractivity contribution in [2.75, 3.05) is 0 Å². The molecule has 0 saturated carbocycles. The van der Waals surface area contributed by atoms with Gasteiger partial charge in [-0.15, -0.1) is 0 Å². The lowest BCUT2D eigenvalue weighted by Crippen LogP contribution is -2.27. The van der Waals surface area contributed by atoms with E-state index in [9.17, 15) is 4.79 Å². The Morgan fingerprint density at radius 1 is 1.21 bits per heavy atom. The number of aryl methyl sites for hydroxylation is 2. The molecule has 0 bridgehead atoms. The van der Waals surface area contributed by atoms with Crippen LogP contribution in [0.3, 0.4) is 0 Å². The number of amides is 1. The van der Waals surface area contributed by atoms with Gasteiger partial charge >= 0.3 is 0 Å². The summed E-state index contributed by atoms with van der Waals surface area (Å²) in [6, 6.07) is 14.5. The first-order chi connectivity index (χ1) is 13.3. The zero-order valence-electron chi connectivity index (χ0n) is 16.5. The SMILES string of the molecule is Cc1nn(C)c(C)c1C(C)NC(=O)c1cccc(OCc2cccc(Cl)c2)c1. The van der Waals surface area contributed by atoms with Crippen molar-refractivity contribution in [3.63, 3.8) is 0 Å². The predicted octanol–water partition coefficient (Wildman–Crippen LogP) is 4.76. The molecule has 6 heteroatoms. The van der Waals surface area contributed by atoms with Crippen LogP contribution in [0.1, 0.15) is 45.8 Å². The molecule has 1 unspecified atom stereocenters. The lowest BCUT2D eigenvalue weighted by molar-refractivity contribution is 0.0939. The van der Waals surface area contributed by atoms with E-state index in [2.05, 4.69) is 10.4 Å². The fraction of sp³-hybridized carbons (Fsp3) is 0.273. The first-order valence-corrected chi connectivity index (χ1v) is 9.51. The number of ether oxygens (including phenoxy) is 1. The summed E-state index contributed by atoms with van der Waals surface area (Å²) < 4.78 is 7.65. The van der Waals surface area contributed by atoms with Gasteiger partial charge in [-0.3, -0.25) is 9.48 Å². The van der Waals surface area contributed by atoms with E-state index < -0.39 is 0 Å². The maximum Gasteiger partial charge on any atom is 0.251 e. The highest BCUT2D eigenvalue weighted by Gasteiger charge is 2.19. The molecule has 1 aromatic heterocycles. The van der Waals surface area contributed by atoms with Gasteiger partial charge in [0, 0.05) is 28.9 Å². The highest BCUT2D eigenvalue weighted by atomic mass is 35.5. The van der Waals surface area contributed by atoms with E-state index in [-0.39, 0.29) is 11.9 Å². The third-order valence-corrected chi connectivity index (χ3v) is 4.97. The molecule has 0 spiro atoms. The molecule has 1 N–H and O–H groups in total. The second-order valence-electron chi connectivity index (χ2n) is 6.85. The van der Waals surface area contributed by atoms with Gasteiger partial charge in [0.25, 0.3) is 5.91 Å². The van der Waals surface area contributed by atoms with Crippen LogP contribution >= 0.6 is 11.6 Å². The van der Waals surface area contributed by atoms with Gasteiger partial charge < -0.3 is 10.1 Å². The second-order valence-corrected chi connectivity index (χ2v) is 7.29. The van der Waals surface area contributed by atoms with Crippen molar-refractivity contribution in [1.82, 2.24) is 15.1 Å². The molecular formula is C22H24ClN3O2. The highest BCUT2D eigenvalue weighted by Crippen LogP contribution is 2.22. The maximum atomic E-state index is 12.7. The molecule has 1 atom stereocenters. The van der Waals surface area contributed by atoms with Crippen LogP contribution in [-0.4, -0.2) is 15.7 Å². The fourth-order valence-corrected chi connectivity index (χ4v) is 3.50. The molecule has 0 aliphatic heterocycles. The van der Waals surface area contributed by atoms with E-state index in [1.807, 2.05) is 68.9 Å². The molecule has 1 amide bonds. The summed E-state index contributed by atoms with van der Waals surface area (Å²) in [5.74, 6) is 0.484. The number of carbonyl (C=O) groups excluding carboxylic acids is 1. The van der Waals surface area contributed by atoms with Crippen molar-refractivity contribution in [2.45, 2.75) is 33.4 Å². The average Bonchev–Trinajstić information content (AvgIpc) is 2.92. The Morgan fingerprint density at radius 2 is 1.96 bits per heavy atom. The Labute approximate surface area is 170 Å². The summed E-state index contributed by atoms with van der Waals surface area (Å²) in [4.78, 5) is 12.7. The molecule has 0 aliphatic rings. The van der Waals surface area contributed by atoms with E-state index in [1.165, 1.54) is 0 Å². The maximum absolute atomic E-state index is 12.7. The molecule has 0 aliphatic carbocycles. The van der Waals surface area contributed by atoms with E-state index in [4.69, 9.17) is 16.3 Å². The van der Waals surface area contributed by atoms with Gasteiger partial charge in [0.15, 0.2) is 0 Å². The van der Waals surface area contributed by atoms with Crippen LogP contribution in [0.25, 0.3) is 0 Å². The number of carbonyl (C=O) groups is 1. The van der Waals surface area contributed by atoms with Gasteiger partial charge in [0.2, 0.25) is 0 Å². The first-order valence-electron chi connectivity index (χ1n) is 9.13. The molecule has 3 aromatic rings. The fourth-order valence-electron chi connectivity index (χ4n) is 3.29. The molecule has 0 fully saturated rings. The lowest BCUT2D eigenvalue weighted by Gasteiger charge is -2.15. The average molecular weight is 398 g/mol. The number of nitrogens with zero attached hydrogens (tertiary/aromatic N) is 2. The van der Waals surface area contributed by atoms with Crippen molar-refractivity contribution in [3.05, 3.63) is 81.6 Å². The van der Waals surface area contributed by atoms with Crippen molar-refractivity contribution in [1.29, 1.82) is 0 Å². The van der Waals surface area contributed by atoms with Crippen LogP contribution in [0, 0.1) is 13.8 Å². The molecule has 5 nitrogen and oxygen atoms in total. The van der Waals surface area contributed by atoms with Crippen LogP contribution in [0.5, 0.6) is 5.75 Å². The summed E-state index contributed by atoms with van der Waals surface area (Å²) in [5, 5.41) is 8.14. The quantitative estimate of drug-likeness (QED) is 0.652. The van der Waals surface area contributed by atoms with Crippen molar-refractivity contribution < 1.29 is 9.53 Å². The largest absolute Gasteiger partial charge is 0.489 e. The number of benzene rings is 2. The van der Waals surface area contributed by atoms with E-state index in [0.717, 1.165) is 22.5 Å². The summed E-state index contributed by atoms with van der Waals surface area (Å²) in [6.45, 7) is 6.31. The Kier molecular flexibility index (Phi) is 6.05. The molecule has 3 rings (SSSR count). The topological polar surface area (TPSA) is 56.2 Å². The Hall–Kier alpha value is -2.79. The standard InChI is InChI=1S/C22H24ClN3O2/c1-14(21-15(2)25-26(4)16(21)3)24-22(27)18-8-6-10-20(12-18)28-13-17-7-5-9-19(23)11-17/h5-12,14H,13H2,1-4H3,(H,24,27). The Morgan fingerprint density at radius 3 is 2.64 bits per heavy atom. The normalized spacial score (nSPS) is 11.9. The van der Waals surface area contributed by atoms with Gasteiger partial charge in [0.05, 0.1) is 11.7 Å². The first kappa shape index (κ1) is 20.0. The summed E-state index contributed by atoms with van der Waals surface area (Å²) in [7, 11) is 1.90. The van der Waals surface area contributed by atoms with E-state index in [0.29, 0.717) is 22.9 Å². The Balaban J connectivity index is 1.68. The third kappa shape index (κ3) is 4.54. The number of rotatable bonds is 6. The summed E-state index contributed by atoms with van der Waals surface area (Å²) in [6.07, 6.45) is 0. The summed E-state index contributed by atoms with van der Waals surface area (Å²) >= 11 is 6.00. The van der Waals surface area contributed by atoms with Crippen molar-refractivity contribution >= 4 is 17.5 Å². The van der Waals surface area contributed by atoms with Crippen LogP contribution < -0.4 is 10.1 Å². The minimum absolute atomic E-state index is 0.141. The van der Waals surface area contributed by atoms with Crippen LogP contribution in [0.15, 0.2) is 48.5 Å². The zero-order valence-corrected chi connectivity index (χ0v) is 17.2. The minimum Gasteiger partial charge on any atom is -0.489 e. The van der Waals surface area contributed by atoms with Gasteiger partial charge in [0.1, 0.15) is 12.4 Å². The minimum atomic E-state index is -0.150. The molecule has 0 radical (unpaired) electrons. The summed E-state index contributed by atoms with van der Waals surface area (Å²) in [5.41, 5.74) is 4.53. The van der Waals surface area contributed by atoms with E-state index in [1.54, 1.807) is 12.1 Å². The zero-order chi connectivity index (χ0) is 20.3. The molecular weight excluding hydrogens is 374 g/mol. The van der Waals surface area contributed by atoms with Crippen LogP contribution in [0.4, 0.5) is 0 Å². The predicted molar refractivity (Wildman–Crippen MR) is 111 cm³/mol. The number of halogens is 1. The lowest BCUT2D eigenvalue weighted by atomic mass is 10.1. The van der Waals surface area contributed by atoms with Crippen LogP contribution in [-0.2, 0) is 13.7 Å². The van der Waals surface area contributed by atoms with Crippen LogP contribution in [0.2, 0.25) is 5.02 Å². The van der Waals surface area contributed by atoms with E-state index >= 15 is 0 Å². The molecule has 1 heterocycles. The smallest absolute Gasteiger partial charge is 0.251 e. The van der Waals surface area contributed by atoms with Gasteiger partial charge in [-0.05, 0) is 56.7 Å². The van der Waals surface area contributed by atoms with Gasteiger partial charge in [-0.25, -0.2) is 0 Å². The monoisotopic (exact) mass is 397 g/mol. The second kappa shape index (κ2) is 8.48. The number of hydrogen-bond acceptors (Lipinski definition) is 3. The van der Waals surface area contributed by atoms with Crippen molar-refractivity contribution in [2.24, 2.45) is 7.05 Å². The van der Waals surface area contributed by atoms with Crippen molar-refractivity contribution in [3.8, 4) is 5.75 Å². The molecule has 0 saturated heterocycles. The number of hydrogen-bond donors (Lipinski definition) is 1. The third-order valence-electron chi connectivity index (χ3n) is 4.74. The molecule has 28 heavy (non-hydrogen) atoms. The number of aromatic nitrogens is 2. The van der Waals surface area contributed by atoms with Gasteiger partial charge in [-0.2, -0.15) is 5.10 Å². The highest BCUT2D eigenvalue weighted by molar-refractivity contribution is 6.30. The number of nitrogens with one attached hydrogen (secondary N) is 1. The molecule has 2 aromatic carbocycles. The molecule has 146 valence electrons.